The Balaban J connectivity index is 2.45. The Kier molecular flexibility index (Phi) is 7.67. The maximum Gasteiger partial charge on any atom is 0.307 e. The van der Waals surface area contributed by atoms with Crippen LogP contribution in [0.25, 0.3) is 0 Å². The highest BCUT2D eigenvalue weighted by Gasteiger charge is 2.23. The van der Waals surface area contributed by atoms with Crippen molar-refractivity contribution < 1.29 is 23.7 Å². The molecule has 0 bridgehead atoms. The molecule has 0 amide bonds. The van der Waals surface area contributed by atoms with Gasteiger partial charge in [0.15, 0.2) is 11.5 Å². The molecule has 0 aliphatic rings. The second kappa shape index (κ2) is 9.97. The molecule has 146 valence electrons. The van der Waals surface area contributed by atoms with Gasteiger partial charge in [-0.05, 0) is 36.8 Å². The number of ether oxygens (including phenoxy) is 4. The summed E-state index contributed by atoms with van der Waals surface area (Å²) in [5.74, 6) is 1.28. The van der Waals surface area contributed by atoms with E-state index in [4.69, 9.17) is 24.7 Å². The van der Waals surface area contributed by atoms with Crippen LogP contribution in [-0.4, -0.2) is 33.9 Å². The molecule has 0 heterocycles. The van der Waals surface area contributed by atoms with Crippen LogP contribution in [0.3, 0.4) is 0 Å². The third kappa shape index (κ3) is 5.23. The normalized spacial score (nSPS) is 11.6. The second-order valence-corrected chi connectivity index (χ2v) is 6.86. The molecule has 0 saturated heterocycles. The number of thioether (sulfide) groups is 1. The zero-order valence-corrected chi connectivity index (χ0v) is 16.8. The van der Waals surface area contributed by atoms with E-state index in [2.05, 4.69) is 0 Å². The molecule has 7 heteroatoms. The van der Waals surface area contributed by atoms with Gasteiger partial charge >= 0.3 is 5.97 Å². The standard InChI is InChI=1S/C20H25NO5S/c1-5-26-19(22)12-18(27-17-9-7-6-8-14(17)21)13-10-15(23-2)20(25-4)16(11-13)24-3/h6-11,18H,5,12,21H2,1-4H3/t18-/m0/s1. The molecule has 0 radical (unpaired) electrons. The van der Waals surface area contributed by atoms with Crippen LogP contribution in [-0.2, 0) is 9.53 Å². The van der Waals surface area contributed by atoms with Crippen molar-refractivity contribution in [3.8, 4) is 17.2 Å². The molecule has 0 spiro atoms. The van der Waals surface area contributed by atoms with Crippen LogP contribution in [0, 0.1) is 0 Å². The van der Waals surface area contributed by atoms with Gasteiger partial charge < -0.3 is 24.7 Å². The summed E-state index contributed by atoms with van der Waals surface area (Å²) in [6.07, 6.45) is 0.186. The first-order valence-corrected chi connectivity index (χ1v) is 9.38. The molecule has 2 aromatic carbocycles. The average Bonchev–Trinajstić information content (AvgIpc) is 2.68. The van der Waals surface area contributed by atoms with Crippen LogP contribution in [0.2, 0.25) is 0 Å². The highest BCUT2D eigenvalue weighted by atomic mass is 32.2. The molecule has 0 saturated carbocycles. The molecule has 0 aromatic heterocycles. The summed E-state index contributed by atoms with van der Waals surface area (Å²) >= 11 is 1.50. The van der Waals surface area contributed by atoms with Gasteiger partial charge in [0, 0.05) is 15.8 Å². The number of rotatable bonds is 9. The van der Waals surface area contributed by atoms with Crippen LogP contribution in [0.1, 0.15) is 24.2 Å². The van der Waals surface area contributed by atoms with Gasteiger partial charge in [-0.3, -0.25) is 4.79 Å². The average molecular weight is 391 g/mol. The number of carbonyl (C=O) groups is 1. The van der Waals surface area contributed by atoms with Gasteiger partial charge in [0.05, 0.1) is 34.4 Å². The largest absolute Gasteiger partial charge is 0.493 e. The lowest BCUT2D eigenvalue weighted by Crippen LogP contribution is -2.09. The Hall–Kier alpha value is -2.54. The number of para-hydroxylation sites is 1. The van der Waals surface area contributed by atoms with Gasteiger partial charge in [0.25, 0.3) is 0 Å². The third-order valence-corrected chi connectivity index (χ3v) is 5.25. The first-order valence-electron chi connectivity index (χ1n) is 8.50. The van der Waals surface area contributed by atoms with Crippen molar-refractivity contribution in [3.05, 3.63) is 42.0 Å². The number of benzene rings is 2. The predicted octanol–water partition coefficient (Wildman–Crippen LogP) is 4.08. The van der Waals surface area contributed by atoms with Crippen molar-refractivity contribution in [2.24, 2.45) is 0 Å². The molecular formula is C20H25NO5S. The maximum atomic E-state index is 12.2. The number of anilines is 1. The maximum absolute atomic E-state index is 12.2. The fourth-order valence-corrected chi connectivity index (χ4v) is 3.79. The zero-order valence-electron chi connectivity index (χ0n) is 16.0. The van der Waals surface area contributed by atoms with Crippen molar-refractivity contribution in [1.82, 2.24) is 0 Å². The Bertz CT molecular complexity index is 756. The summed E-state index contributed by atoms with van der Waals surface area (Å²) in [6, 6.07) is 11.2. The van der Waals surface area contributed by atoms with E-state index in [1.54, 1.807) is 28.3 Å². The number of hydrogen-bond donors (Lipinski definition) is 1. The monoisotopic (exact) mass is 391 g/mol. The van der Waals surface area contributed by atoms with E-state index in [1.807, 2.05) is 36.4 Å². The number of methoxy groups -OCH3 is 3. The van der Waals surface area contributed by atoms with Gasteiger partial charge in [-0.25, -0.2) is 0 Å². The number of nitrogens with two attached hydrogens (primary N) is 1. The van der Waals surface area contributed by atoms with E-state index in [0.29, 0.717) is 29.5 Å². The third-order valence-electron chi connectivity index (χ3n) is 3.90. The molecule has 0 unspecified atom stereocenters. The molecule has 6 nitrogen and oxygen atoms in total. The lowest BCUT2D eigenvalue weighted by molar-refractivity contribution is -0.143. The number of esters is 1. The van der Waals surface area contributed by atoms with Crippen molar-refractivity contribution >= 4 is 23.4 Å². The van der Waals surface area contributed by atoms with Gasteiger partial charge in [-0.2, -0.15) is 0 Å². The molecule has 2 rings (SSSR count). The van der Waals surface area contributed by atoms with Gasteiger partial charge in [0.2, 0.25) is 5.75 Å². The fraction of sp³-hybridized carbons (Fsp3) is 0.350. The van der Waals surface area contributed by atoms with E-state index in [9.17, 15) is 4.79 Å². The molecule has 0 fully saturated rings. The topological polar surface area (TPSA) is 80.0 Å². The Labute approximate surface area is 163 Å². The van der Waals surface area contributed by atoms with Crippen molar-refractivity contribution in [2.75, 3.05) is 33.7 Å². The van der Waals surface area contributed by atoms with E-state index >= 15 is 0 Å². The van der Waals surface area contributed by atoms with E-state index in [1.165, 1.54) is 11.8 Å². The summed E-state index contributed by atoms with van der Waals surface area (Å²) < 4.78 is 21.4. The van der Waals surface area contributed by atoms with E-state index in [0.717, 1.165) is 10.5 Å². The Morgan fingerprint density at radius 3 is 2.22 bits per heavy atom. The van der Waals surface area contributed by atoms with Crippen molar-refractivity contribution in [1.29, 1.82) is 0 Å². The second-order valence-electron chi connectivity index (χ2n) is 5.61. The van der Waals surface area contributed by atoms with Crippen LogP contribution < -0.4 is 19.9 Å². The van der Waals surface area contributed by atoms with E-state index < -0.39 is 0 Å². The fourth-order valence-electron chi connectivity index (χ4n) is 2.63. The highest BCUT2D eigenvalue weighted by molar-refractivity contribution is 7.99. The zero-order chi connectivity index (χ0) is 19.8. The SMILES string of the molecule is CCOC(=O)C[C@H](Sc1ccccc1N)c1cc(OC)c(OC)c(OC)c1. The highest BCUT2D eigenvalue weighted by Crippen LogP contribution is 2.46. The minimum Gasteiger partial charge on any atom is -0.493 e. The van der Waals surface area contributed by atoms with Crippen LogP contribution >= 0.6 is 11.8 Å². The molecular weight excluding hydrogens is 366 g/mol. The molecule has 1 atom stereocenters. The number of carbonyl (C=O) groups excluding carboxylic acids is 1. The van der Waals surface area contributed by atoms with Gasteiger partial charge in [-0.1, -0.05) is 12.1 Å². The summed E-state index contributed by atoms with van der Waals surface area (Å²) in [5, 5.41) is -0.234. The minimum absolute atomic E-state index is 0.186. The predicted molar refractivity (Wildman–Crippen MR) is 107 cm³/mol. The van der Waals surface area contributed by atoms with Crippen molar-refractivity contribution in [2.45, 2.75) is 23.5 Å². The van der Waals surface area contributed by atoms with Crippen LogP contribution in [0.15, 0.2) is 41.3 Å². The quantitative estimate of drug-likeness (QED) is 0.392. The number of hydrogen-bond acceptors (Lipinski definition) is 7. The molecule has 0 aliphatic carbocycles. The molecule has 0 aliphatic heterocycles. The first-order chi connectivity index (χ1) is 13.0. The Morgan fingerprint density at radius 2 is 1.70 bits per heavy atom. The molecule has 2 N–H and O–H groups in total. The van der Waals surface area contributed by atoms with Crippen molar-refractivity contribution in [3.63, 3.8) is 0 Å². The summed E-state index contributed by atoms with van der Waals surface area (Å²) in [4.78, 5) is 13.1. The Morgan fingerprint density at radius 1 is 1.07 bits per heavy atom. The first kappa shape index (κ1) is 20.8. The molecule has 2 aromatic rings. The summed E-state index contributed by atoms with van der Waals surface area (Å²) in [5.41, 5.74) is 7.60. The molecule has 27 heavy (non-hydrogen) atoms. The lowest BCUT2D eigenvalue weighted by Gasteiger charge is -2.20. The lowest BCUT2D eigenvalue weighted by atomic mass is 10.1. The van der Waals surface area contributed by atoms with Crippen LogP contribution in [0.4, 0.5) is 5.69 Å². The van der Waals surface area contributed by atoms with Gasteiger partial charge in [-0.15, -0.1) is 11.8 Å². The smallest absolute Gasteiger partial charge is 0.307 e. The minimum atomic E-state index is -0.279. The van der Waals surface area contributed by atoms with E-state index in [-0.39, 0.29) is 17.6 Å². The summed E-state index contributed by atoms with van der Waals surface area (Å²) in [6.45, 7) is 2.12. The number of nitrogen functional groups attached to an aromatic ring is 1. The van der Waals surface area contributed by atoms with Gasteiger partial charge in [0.1, 0.15) is 0 Å². The summed E-state index contributed by atoms with van der Waals surface area (Å²) in [7, 11) is 4.67. The van der Waals surface area contributed by atoms with Crippen LogP contribution in [0.5, 0.6) is 17.2 Å².